The van der Waals surface area contributed by atoms with E-state index in [9.17, 15) is 12.8 Å². The fraction of sp³-hybridized carbons (Fsp3) is 0.0909. The largest absolute Gasteiger partial charge is 0.272 e. The minimum Gasteiger partial charge on any atom is -0.272 e. The Bertz CT molecular complexity index is 761. The first-order valence-corrected chi connectivity index (χ1v) is 6.63. The number of aryl methyl sites for hydroxylation is 1. The van der Waals surface area contributed by atoms with Crippen molar-refractivity contribution in [3.63, 3.8) is 0 Å². The van der Waals surface area contributed by atoms with Crippen LogP contribution in [0.1, 0.15) is 5.56 Å². The Morgan fingerprint density at radius 3 is 2.84 bits per heavy atom. The van der Waals surface area contributed by atoms with E-state index in [2.05, 4.69) is 9.82 Å². The second kappa shape index (κ2) is 4.70. The summed E-state index contributed by atoms with van der Waals surface area (Å²) >= 11 is 0. The lowest BCUT2D eigenvalue weighted by atomic mass is 10.4. The summed E-state index contributed by atoms with van der Waals surface area (Å²) in [4.78, 5) is -0.234. The Hall–Kier alpha value is -2.40. The molecule has 0 unspecified atom stereocenters. The molecule has 0 aliphatic heterocycles. The quantitative estimate of drug-likeness (QED) is 0.916. The third-order valence-corrected chi connectivity index (χ3v) is 3.62. The van der Waals surface area contributed by atoms with Gasteiger partial charge in [-0.3, -0.25) is 9.40 Å². The van der Waals surface area contributed by atoms with Gasteiger partial charge >= 0.3 is 0 Å². The first-order valence-electron chi connectivity index (χ1n) is 5.14. The molecule has 2 rings (SSSR count). The predicted molar refractivity (Wildman–Crippen MR) is 65.1 cm³/mol. The van der Waals surface area contributed by atoms with Crippen LogP contribution in [0.5, 0.6) is 0 Å². The molecule has 2 aromatic rings. The SMILES string of the molecule is Cn1cc(C#N)c(NS(=O)(=O)c2cccc(F)c2)n1. The Labute approximate surface area is 109 Å². The first kappa shape index (κ1) is 13.0. The molecule has 0 fully saturated rings. The van der Waals surface area contributed by atoms with Gasteiger partial charge in [-0.1, -0.05) is 6.07 Å². The molecular formula is C11H9FN4O2S. The minimum atomic E-state index is -3.97. The van der Waals surface area contributed by atoms with E-state index in [4.69, 9.17) is 5.26 Å². The van der Waals surface area contributed by atoms with Gasteiger partial charge in [0.05, 0.1) is 4.90 Å². The van der Waals surface area contributed by atoms with E-state index in [1.807, 2.05) is 6.07 Å². The maximum Gasteiger partial charge on any atom is 0.263 e. The van der Waals surface area contributed by atoms with E-state index in [1.165, 1.54) is 23.0 Å². The highest BCUT2D eigenvalue weighted by atomic mass is 32.2. The standard InChI is InChI=1S/C11H9FN4O2S/c1-16-7-8(6-13)11(14-16)15-19(17,18)10-4-2-3-9(12)5-10/h2-5,7H,1H3,(H,14,15). The van der Waals surface area contributed by atoms with Crippen molar-refractivity contribution < 1.29 is 12.8 Å². The predicted octanol–water partition coefficient (Wildman–Crippen LogP) is 1.23. The second-order valence-electron chi connectivity index (χ2n) is 3.74. The van der Waals surface area contributed by atoms with Crippen LogP contribution in [0.25, 0.3) is 0 Å². The molecule has 0 saturated heterocycles. The summed E-state index contributed by atoms with van der Waals surface area (Å²) in [5.41, 5.74) is 0.0856. The highest BCUT2D eigenvalue weighted by Gasteiger charge is 2.18. The van der Waals surface area contributed by atoms with E-state index in [1.54, 1.807) is 7.05 Å². The third kappa shape index (κ3) is 2.71. The molecule has 0 atom stereocenters. The number of anilines is 1. The lowest BCUT2D eigenvalue weighted by molar-refractivity contribution is 0.595. The van der Waals surface area contributed by atoms with Crippen LogP contribution in [0.3, 0.4) is 0 Å². The number of aromatic nitrogens is 2. The maximum atomic E-state index is 13.0. The smallest absolute Gasteiger partial charge is 0.263 e. The zero-order valence-corrected chi connectivity index (χ0v) is 10.6. The molecule has 0 saturated carbocycles. The Balaban J connectivity index is 2.40. The van der Waals surface area contributed by atoms with Gasteiger partial charge in [-0.15, -0.1) is 0 Å². The van der Waals surface area contributed by atoms with Gasteiger partial charge in [0.25, 0.3) is 10.0 Å². The molecule has 8 heteroatoms. The molecule has 1 aromatic carbocycles. The number of halogens is 1. The Morgan fingerprint density at radius 1 is 1.47 bits per heavy atom. The summed E-state index contributed by atoms with van der Waals surface area (Å²) in [7, 11) is -2.42. The topological polar surface area (TPSA) is 87.8 Å². The highest BCUT2D eigenvalue weighted by molar-refractivity contribution is 7.92. The van der Waals surface area contributed by atoms with Crippen molar-refractivity contribution in [2.45, 2.75) is 4.90 Å². The summed E-state index contributed by atoms with van der Waals surface area (Å²) in [6, 6.07) is 6.38. The maximum absolute atomic E-state index is 13.0. The number of hydrogen-bond acceptors (Lipinski definition) is 4. The van der Waals surface area contributed by atoms with Crippen LogP contribution in [0.4, 0.5) is 10.2 Å². The Kier molecular flexibility index (Phi) is 3.23. The molecule has 1 N–H and O–H groups in total. The minimum absolute atomic E-state index is 0.0856. The molecule has 0 radical (unpaired) electrons. The average Bonchev–Trinajstić information content (AvgIpc) is 2.68. The average molecular weight is 280 g/mol. The van der Waals surface area contributed by atoms with Crippen LogP contribution < -0.4 is 4.72 Å². The van der Waals surface area contributed by atoms with Crippen molar-refractivity contribution in [2.75, 3.05) is 4.72 Å². The molecule has 0 aliphatic carbocycles. The molecule has 98 valence electrons. The normalized spacial score (nSPS) is 11.0. The summed E-state index contributed by atoms with van der Waals surface area (Å²) < 4.78 is 40.5. The van der Waals surface area contributed by atoms with Crippen molar-refractivity contribution in [1.29, 1.82) is 5.26 Å². The summed E-state index contributed by atoms with van der Waals surface area (Å²) in [6.07, 6.45) is 1.38. The summed E-state index contributed by atoms with van der Waals surface area (Å²) in [6.45, 7) is 0. The zero-order valence-electron chi connectivity index (χ0n) is 9.83. The molecule has 0 aliphatic rings. The van der Waals surface area contributed by atoms with Gasteiger partial charge in [-0.25, -0.2) is 12.8 Å². The number of sulfonamides is 1. The van der Waals surface area contributed by atoms with Crippen molar-refractivity contribution in [3.05, 3.63) is 41.8 Å². The second-order valence-corrected chi connectivity index (χ2v) is 5.42. The van der Waals surface area contributed by atoms with E-state index >= 15 is 0 Å². The van der Waals surface area contributed by atoms with Gasteiger partial charge in [0.1, 0.15) is 17.4 Å². The van der Waals surface area contributed by atoms with Crippen LogP contribution in [-0.2, 0) is 17.1 Å². The van der Waals surface area contributed by atoms with Crippen molar-refractivity contribution >= 4 is 15.8 Å². The van der Waals surface area contributed by atoms with Crippen LogP contribution in [-0.4, -0.2) is 18.2 Å². The number of nitriles is 1. The monoisotopic (exact) mass is 280 g/mol. The lowest BCUT2D eigenvalue weighted by Gasteiger charge is -2.05. The van der Waals surface area contributed by atoms with Crippen LogP contribution in [0.15, 0.2) is 35.4 Å². The Morgan fingerprint density at radius 2 is 2.21 bits per heavy atom. The zero-order chi connectivity index (χ0) is 14.0. The van der Waals surface area contributed by atoms with Gasteiger partial charge in [0.15, 0.2) is 5.82 Å². The molecule has 0 amide bonds. The van der Waals surface area contributed by atoms with Crippen molar-refractivity contribution in [3.8, 4) is 6.07 Å². The van der Waals surface area contributed by atoms with Crippen molar-refractivity contribution in [1.82, 2.24) is 9.78 Å². The summed E-state index contributed by atoms with van der Waals surface area (Å²) in [5.74, 6) is -0.751. The lowest BCUT2D eigenvalue weighted by Crippen LogP contribution is -2.14. The van der Waals surface area contributed by atoms with Gasteiger partial charge in [-0.05, 0) is 18.2 Å². The molecule has 6 nitrogen and oxygen atoms in total. The number of hydrogen-bond donors (Lipinski definition) is 1. The number of nitrogens with one attached hydrogen (secondary N) is 1. The van der Waals surface area contributed by atoms with Crippen LogP contribution in [0.2, 0.25) is 0 Å². The first-order chi connectivity index (χ1) is 8.92. The number of rotatable bonds is 3. The molecule has 1 aromatic heterocycles. The summed E-state index contributed by atoms with van der Waals surface area (Å²) in [5, 5.41) is 12.7. The van der Waals surface area contributed by atoms with E-state index < -0.39 is 15.8 Å². The van der Waals surface area contributed by atoms with Gasteiger partial charge < -0.3 is 0 Å². The molecular weight excluding hydrogens is 271 g/mol. The number of nitrogens with zero attached hydrogens (tertiary/aromatic N) is 3. The molecule has 1 heterocycles. The molecule has 19 heavy (non-hydrogen) atoms. The highest BCUT2D eigenvalue weighted by Crippen LogP contribution is 2.18. The number of benzene rings is 1. The van der Waals surface area contributed by atoms with Gasteiger partial charge in [0, 0.05) is 13.2 Å². The fourth-order valence-corrected chi connectivity index (χ4v) is 2.51. The third-order valence-electron chi connectivity index (χ3n) is 2.29. The molecule has 0 spiro atoms. The molecule has 0 bridgehead atoms. The van der Waals surface area contributed by atoms with E-state index in [0.29, 0.717) is 0 Å². The van der Waals surface area contributed by atoms with Crippen LogP contribution >= 0.6 is 0 Å². The van der Waals surface area contributed by atoms with Crippen molar-refractivity contribution in [2.24, 2.45) is 7.05 Å². The fourth-order valence-electron chi connectivity index (χ4n) is 1.47. The van der Waals surface area contributed by atoms with E-state index in [-0.39, 0.29) is 16.3 Å². The van der Waals surface area contributed by atoms with E-state index in [0.717, 1.165) is 12.1 Å². The van der Waals surface area contributed by atoms with Gasteiger partial charge in [-0.2, -0.15) is 10.4 Å². The van der Waals surface area contributed by atoms with Gasteiger partial charge in [0.2, 0.25) is 0 Å². The van der Waals surface area contributed by atoms with Crippen LogP contribution in [0, 0.1) is 17.1 Å².